The molecule has 1 saturated heterocycles. The molecule has 0 aromatic carbocycles. The highest BCUT2D eigenvalue weighted by Gasteiger charge is 2.19. The first-order chi connectivity index (χ1) is 4.70. The average molecular weight is 141 g/mol. The molecule has 0 spiro atoms. The summed E-state index contributed by atoms with van der Waals surface area (Å²) in [5.74, 6) is 1.02. The molecule has 58 valence electrons. The van der Waals surface area contributed by atoms with E-state index in [4.69, 9.17) is 0 Å². The van der Waals surface area contributed by atoms with Crippen molar-refractivity contribution < 1.29 is 4.79 Å². The molecule has 0 aromatic rings. The van der Waals surface area contributed by atoms with Crippen molar-refractivity contribution in [1.82, 2.24) is 5.32 Å². The van der Waals surface area contributed by atoms with E-state index >= 15 is 0 Å². The van der Waals surface area contributed by atoms with Gasteiger partial charge in [-0.1, -0.05) is 13.8 Å². The summed E-state index contributed by atoms with van der Waals surface area (Å²) < 4.78 is 0. The summed E-state index contributed by atoms with van der Waals surface area (Å²) in [5, 5.41) is 3.22. The van der Waals surface area contributed by atoms with Crippen LogP contribution in [0.15, 0.2) is 0 Å². The molecule has 1 atom stereocenters. The standard InChI is InChI=1S/C8H15NO/c1-6(2)8-4-3-7(10)5-9-8/h6,8-9H,3-5H2,1-2H3/t8-/m0/s1. The Morgan fingerprint density at radius 2 is 2.30 bits per heavy atom. The van der Waals surface area contributed by atoms with Crippen LogP contribution in [-0.4, -0.2) is 18.4 Å². The fourth-order valence-corrected chi connectivity index (χ4v) is 1.32. The maximum absolute atomic E-state index is 10.8. The van der Waals surface area contributed by atoms with Crippen molar-refractivity contribution in [2.75, 3.05) is 6.54 Å². The predicted molar refractivity (Wildman–Crippen MR) is 40.9 cm³/mol. The van der Waals surface area contributed by atoms with Gasteiger partial charge in [-0.25, -0.2) is 0 Å². The van der Waals surface area contributed by atoms with E-state index in [2.05, 4.69) is 19.2 Å². The number of carbonyl (C=O) groups excluding carboxylic acids is 1. The molecule has 0 unspecified atom stereocenters. The van der Waals surface area contributed by atoms with Crippen molar-refractivity contribution in [1.29, 1.82) is 0 Å². The minimum Gasteiger partial charge on any atom is -0.307 e. The molecule has 2 heteroatoms. The topological polar surface area (TPSA) is 29.1 Å². The van der Waals surface area contributed by atoms with Crippen molar-refractivity contribution in [3.8, 4) is 0 Å². The van der Waals surface area contributed by atoms with Gasteiger partial charge in [0.05, 0.1) is 6.54 Å². The maximum Gasteiger partial charge on any atom is 0.146 e. The van der Waals surface area contributed by atoms with Gasteiger partial charge in [-0.05, 0) is 12.3 Å². The minimum absolute atomic E-state index is 0.358. The number of hydrogen-bond donors (Lipinski definition) is 1. The highest BCUT2D eigenvalue weighted by atomic mass is 16.1. The first-order valence-electron chi connectivity index (χ1n) is 3.95. The third kappa shape index (κ3) is 1.81. The fraction of sp³-hybridized carbons (Fsp3) is 0.875. The third-order valence-corrected chi connectivity index (χ3v) is 2.10. The molecule has 0 aromatic heterocycles. The molecule has 10 heavy (non-hydrogen) atoms. The molecule has 1 aliphatic rings. The molecule has 1 aliphatic heterocycles. The van der Waals surface area contributed by atoms with Crippen LogP contribution in [0.2, 0.25) is 0 Å². The van der Waals surface area contributed by atoms with Crippen LogP contribution in [0.3, 0.4) is 0 Å². The Balaban J connectivity index is 2.33. The Morgan fingerprint density at radius 3 is 2.70 bits per heavy atom. The Kier molecular flexibility index (Phi) is 2.44. The summed E-state index contributed by atoms with van der Waals surface area (Å²) in [5.41, 5.74) is 0. The molecule has 0 radical (unpaired) electrons. The van der Waals surface area contributed by atoms with Gasteiger partial charge in [0.25, 0.3) is 0 Å². The van der Waals surface area contributed by atoms with E-state index in [-0.39, 0.29) is 0 Å². The van der Waals surface area contributed by atoms with Gasteiger partial charge in [-0.15, -0.1) is 0 Å². The molecular formula is C8H15NO. The smallest absolute Gasteiger partial charge is 0.146 e. The van der Waals surface area contributed by atoms with Crippen LogP contribution >= 0.6 is 0 Å². The lowest BCUT2D eigenvalue weighted by atomic mass is 9.95. The molecule has 0 aliphatic carbocycles. The quantitative estimate of drug-likeness (QED) is 0.589. The van der Waals surface area contributed by atoms with Crippen LogP contribution in [0, 0.1) is 5.92 Å². The Bertz CT molecular complexity index is 121. The molecule has 1 heterocycles. The van der Waals surface area contributed by atoms with E-state index in [1.54, 1.807) is 0 Å². The zero-order valence-corrected chi connectivity index (χ0v) is 6.68. The number of hydrogen-bond acceptors (Lipinski definition) is 2. The zero-order chi connectivity index (χ0) is 7.56. The largest absolute Gasteiger partial charge is 0.307 e. The number of carbonyl (C=O) groups is 1. The SMILES string of the molecule is CC(C)[C@@H]1CCC(=O)CN1. The molecule has 1 rings (SSSR count). The number of piperidine rings is 1. The molecule has 0 saturated carbocycles. The van der Waals surface area contributed by atoms with E-state index in [1.807, 2.05) is 0 Å². The van der Waals surface area contributed by atoms with E-state index < -0.39 is 0 Å². The van der Waals surface area contributed by atoms with Gasteiger partial charge in [0.2, 0.25) is 0 Å². The maximum atomic E-state index is 10.8. The second-order valence-corrected chi connectivity index (χ2v) is 3.31. The van der Waals surface area contributed by atoms with Crippen molar-refractivity contribution in [3.63, 3.8) is 0 Å². The van der Waals surface area contributed by atoms with Crippen molar-refractivity contribution in [2.45, 2.75) is 32.7 Å². The van der Waals surface area contributed by atoms with Gasteiger partial charge in [0, 0.05) is 12.5 Å². The van der Waals surface area contributed by atoms with Crippen LogP contribution in [0.4, 0.5) is 0 Å². The summed E-state index contributed by atoms with van der Waals surface area (Å²) in [6.45, 7) is 4.96. The Hall–Kier alpha value is -0.370. The lowest BCUT2D eigenvalue weighted by Gasteiger charge is -2.25. The van der Waals surface area contributed by atoms with Crippen molar-refractivity contribution >= 4 is 5.78 Å². The monoisotopic (exact) mass is 141 g/mol. The summed E-state index contributed by atoms with van der Waals surface area (Å²) in [6.07, 6.45) is 1.80. The van der Waals surface area contributed by atoms with Gasteiger partial charge < -0.3 is 5.32 Å². The van der Waals surface area contributed by atoms with Gasteiger partial charge in [-0.2, -0.15) is 0 Å². The zero-order valence-electron chi connectivity index (χ0n) is 6.68. The number of ketones is 1. The molecule has 0 amide bonds. The van der Waals surface area contributed by atoms with Crippen LogP contribution in [0.5, 0.6) is 0 Å². The lowest BCUT2D eigenvalue weighted by molar-refractivity contribution is -0.119. The molecule has 0 bridgehead atoms. The van der Waals surface area contributed by atoms with Crippen LogP contribution in [0.1, 0.15) is 26.7 Å². The molecule has 1 fully saturated rings. The van der Waals surface area contributed by atoms with Gasteiger partial charge in [0.1, 0.15) is 5.78 Å². The summed E-state index contributed by atoms with van der Waals surface area (Å²) in [4.78, 5) is 10.8. The highest BCUT2D eigenvalue weighted by Crippen LogP contribution is 2.11. The van der Waals surface area contributed by atoms with Crippen LogP contribution in [-0.2, 0) is 4.79 Å². The van der Waals surface area contributed by atoms with E-state index in [1.165, 1.54) is 0 Å². The molecule has 1 N–H and O–H groups in total. The number of nitrogens with one attached hydrogen (secondary N) is 1. The predicted octanol–water partition coefficient (Wildman–Crippen LogP) is 0.964. The van der Waals surface area contributed by atoms with Gasteiger partial charge in [-0.3, -0.25) is 4.79 Å². The number of rotatable bonds is 1. The first-order valence-corrected chi connectivity index (χ1v) is 3.95. The fourth-order valence-electron chi connectivity index (χ4n) is 1.32. The second kappa shape index (κ2) is 3.15. The average Bonchev–Trinajstić information content (AvgIpc) is 1.88. The normalized spacial score (nSPS) is 27.5. The van der Waals surface area contributed by atoms with E-state index in [9.17, 15) is 4.79 Å². The first kappa shape index (κ1) is 7.73. The minimum atomic E-state index is 0.358. The van der Waals surface area contributed by atoms with Gasteiger partial charge >= 0.3 is 0 Å². The highest BCUT2D eigenvalue weighted by molar-refractivity contribution is 5.81. The molecule has 2 nitrogen and oxygen atoms in total. The van der Waals surface area contributed by atoms with Crippen LogP contribution in [0.25, 0.3) is 0 Å². The van der Waals surface area contributed by atoms with E-state index in [0.29, 0.717) is 24.3 Å². The van der Waals surface area contributed by atoms with Crippen molar-refractivity contribution in [3.05, 3.63) is 0 Å². The van der Waals surface area contributed by atoms with Crippen molar-refractivity contribution in [2.24, 2.45) is 5.92 Å². The second-order valence-electron chi connectivity index (χ2n) is 3.31. The van der Waals surface area contributed by atoms with Gasteiger partial charge in [0.15, 0.2) is 0 Å². The summed E-state index contributed by atoms with van der Waals surface area (Å²) in [6, 6.07) is 0.567. The third-order valence-electron chi connectivity index (χ3n) is 2.10. The Morgan fingerprint density at radius 1 is 1.60 bits per heavy atom. The van der Waals surface area contributed by atoms with Crippen LogP contribution < -0.4 is 5.32 Å². The number of Topliss-reactive ketones (excluding diaryl/α,β-unsaturated/α-hetero) is 1. The summed E-state index contributed by atoms with van der Waals surface area (Å²) >= 11 is 0. The summed E-state index contributed by atoms with van der Waals surface area (Å²) in [7, 11) is 0. The van der Waals surface area contributed by atoms with E-state index in [0.717, 1.165) is 12.8 Å². The molecular weight excluding hydrogens is 126 g/mol. The lowest BCUT2D eigenvalue weighted by Crippen LogP contribution is -2.42. The Labute approximate surface area is 62.0 Å².